The van der Waals surface area contributed by atoms with Crippen LogP contribution in [0.1, 0.15) is 16.7 Å². The van der Waals surface area contributed by atoms with Gasteiger partial charge in [0.05, 0.1) is 28.4 Å². The fraction of sp³-hybridized carbons (Fsp3) is 0.381. The molecule has 4 rings (SSSR count). The van der Waals surface area contributed by atoms with Crippen LogP contribution >= 0.6 is 0 Å². The predicted molar refractivity (Wildman–Crippen MR) is 104 cm³/mol. The van der Waals surface area contributed by atoms with Gasteiger partial charge in [0.25, 0.3) is 0 Å². The summed E-state index contributed by atoms with van der Waals surface area (Å²) in [5, 5.41) is 0. The molecular formula is C21H23NO6. The second-order valence-electron chi connectivity index (χ2n) is 6.42. The van der Waals surface area contributed by atoms with E-state index in [-0.39, 0.29) is 6.79 Å². The molecule has 2 heterocycles. The first-order valence-electron chi connectivity index (χ1n) is 9.02. The minimum Gasteiger partial charge on any atom is -0.493 e. The highest BCUT2D eigenvalue weighted by molar-refractivity contribution is 6.05. The molecule has 0 fully saturated rings. The molecule has 0 bridgehead atoms. The Morgan fingerprint density at radius 3 is 2.43 bits per heavy atom. The molecule has 0 unspecified atom stereocenters. The molecule has 7 nitrogen and oxygen atoms in total. The maximum Gasteiger partial charge on any atom is 0.231 e. The van der Waals surface area contributed by atoms with Gasteiger partial charge in [-0.2, -0.15) is 0 Å². The largest absolute Gasteiger partial charge is 0.493 e. The highest BCUT2D eigenvalue weighted by Gasteiger charge is 2.29. The standard InChI is InChI=1S/C21H23NO6/c1-23-16-6-5-12(18(24-2)20(16)26-4)9-15-14-10-17-21(28-11-27-17)19(25-3)13(14)7-8-22-15/h5-6,10H,7-9,11H2,1-4H3. The third-order valence-corrected chi connectivity index (χ3v) is 5.05. The molecule has 0 radical (unpaired) electrons. The van der Waals surface area contributed by atoms with E-state index < -0.39 is 0 Å². The summed E-state index contributed by atoms with van der Waals surface area (Å²) in [5.41, 5.74) is 4.02. The Bertz CT molecular complexity index is 937. The van der Waals surface area contributed by atoms with Crippen molar-refractivity contribution in [2.75, 3.05) is 41.8 Å². The highest BCUT2D eigenvalue weighted by Crippen LogP contribution is 2.47. The average molecular weight is 385 g/mol. The molecule has 0 aliphatic carbocycles. The van der Waals surface area contributed by atoms with Crippen LogP contribution in [-0.2, 0) is 12.8 Å². The third kappa shape index (κ3) is 2.87. The van der Waals surface area contributed by atoms with Crippen LogP contribution in [0.3, 0.4) is 0 Å². The molecule has 0 aromatic heterocycles. The fourth-order valence-corrected chi connectivity index (χ4v) is 3.79. The molecule has 0 saturated carbocycles. The predicted octanol–water partition coefficient (Wildman–Crippen LogP) is 3.04. The van der Waals surface area contributed by atoms with Crippen molar-refractivity contribution in [1.29, 1.82) is 0 Å². The summed E-state index contributed by atoms with van der Waals surface area (Å²) < 4.78 is 33.4. The van der Waals surface area contributed by atoms with Crippen molar-refractivity contribution in [3.05, 3.63) is 34.9 Å². The molecule has 0 saturated heterocycles. The Labute approximate surface area is 163 Å². The quantitative estimate of drug-likeness (QED) is 0.761. The number of rotatable bonds is 6. The summed E-state index contributed by atoms with van der Waals surface area (Å²) in [4.78, 5) is 4.78. The van der Waals surface area contributed by atoms with Gasteiger partial charge >= 0.3 is 0 Å². The van der Waals surface area contributed by atoms with Crippen LogP contribution in [0, 0.1) is 0 Å². The molecule has 2 aliphatic rings. The van der Waals surface area contributed by atoms with Crippen LogP contribution in [0.5, 0.6) is 34.5 Å². The van der Waals surface area contributed by atoms with Gasteiger partial charge < -0.3 is 28.4 Å². The van der Waals surface area contributed by atoms with Gasteiger partial charge in [0.2, 0.25) is 18.3 Å². The minimum atomic E-state index is 0.199. The summed E-state index contributed by atoms with van der Waals surface area (Å²) in [6.45, 7) is 0.887. The highest BCUT2D eigenvalue weighted by atomic mass is 16.7. The zero-order valence-corrected chi connectivity index (χ0v) is 16.5. The Morgan fingerprint density at radius 2 is 1.71 bits per heavy atom. The van der Waals surface area contributed by atoms with E-state index in [2.05, 4.69) is 0 Å². The van der Waals surface area contributed by atoms with E-state index in [1.165, 1.54) is 0 Å². The summed E-state index contributed by atoms with van der Waals surface area (Å²) in [5.74, 6) is 3.93. The van der Waals surface area contributed by atoms with Gasteiger partial charge in [-0.1, -0.05) is 6.07 Å². The van der Waals surface area contributed by atoms with Crippen molar-refractivity contribution >= 4 is 5.71 Å². The molecule has 0 atom stereocenters. The molecule has 7 heteroatoms. The van der Waals surface area contributed by atoms with Crippen molar-refractivity contribution in [2.24, 2.45) is 4.99 Å². The number of methoxy groups -OCH3 is 4. The molecule has 0 spiro atoms. The fourth-order valence-electron chi connectivity index (χ4n) is 3.79. The van der Waals surface area contributed by atoms with Crippen molar-refractivity contribution in [1.82, 2.24) is 0 Å². The molecule has 2 aromatic carbocycles. The smallest absolute Gasteiger partial charge is 0.231 e. The number of fused-ring (bicyclic) bond motifs is 2. The van der Waals surface area contributed by atoms with Crippen LogP contribution in [-0.4, -0.2) is 47.5 Å². The first-order chi connectivity index (χ1) is 13.7. The van der Waals surface area contributed by atoms with Gasteiger partial charge in [-0.15, -0.1) is 0 Å². The molecule has 2 aromatic rings. The van der Waals surface area contributed by atoms with Crippen LogP contribution < -0.4 is 28.4 Å². The van der Waals surface area contributed by atoms with Gasteiger partial charge in [0.1, 0.15) is 0 Å². The second-order valence-corrected chi connectivity index (χ2v) is 6.42. The SMILES string of the molecule is COc1ccc(CC2=NCCc3c2cc2c(c3OC)OCO2)c(OC)c1OC. The van der Waals surface area contributed by atoms with E-state index in [1.54, 1.807) is 28.4 Å². The van der Waals surface area contributed by atoms with Crippen LogP contribution in [0.15, 0.2) is 23.2 Å². The zero-order chi connectivity index (χ0) is 19.7. The number of nitrogens with zero attached hydrogens (tertiary/aromatic N) is 1. The zero-order valence-electron chi connectivity index (χ0n) is 16.5. The summed E-state index contributed by atoms with van der Waals surface area (Å²) in [7, 11) is 6.48. The summed E-state index contributed by atoms with van der Waals surface area (Å²) in [6, 6.07) is 5.84. The first-order valence-corrected chi connectivity index (χ1v) is 9.02. The van der Waals surface area contributed by atoms with Gasteiger partial charge in [0.15, 0.2) is 23.0 Å². The summed E-state index contributed by atoms with van der Waals surface area (Å²) >= 11 is 0. The number of aliphatic imine (C=N–C) groups is 1. The van der Waals surface area contributed by atoms with E-state index >= 15 is 0 Å². The maximum atomic E-state index is 5.64. The molecule has 148 valence electrons. The second kappa shape index (κ2) is 7.50. The Hall–Kier alpha value is -3.09. The first kappa shape index (κ1) is 18.3. The maximum absolute atomic E-state index is 5.64. The van der Waals surface area contributed by atoms with E-state index in [9.17, 15) is 0 Å². The van der Waals surface area contributed by atoms with Gasteiger partial charge in [-0.3, -0.25) is 4.99 Å². The molecule has 28 heavy (non-hydrogen) atoms. The van der Waals surface area contributed by atoms with E-state index in [4.69, 9.17) is 33.4 Å². The molecule has 0 amide bonds. The van der Waals surface area contributed by atoms with E-state index in [0.717, 1.165) is 34.6 Å². The lowest BCUT2D eigenvalue weighted by atomic mass is 9.91. The van der Waals surface area contributed by atoms with Crippen molar-refractivity contribution in [2.45, 2.75) is 12.8 Å². The number of hydrogen-bond acceptors (Lipinski definition) is 7. The van der Waals surface area contributed by atoms with Gasteiger partial charge in [-0.05, 0) is 18.6 Å². The number of ether oxygens (including phenoxy) is 6. The lowest BCUT2D eigenvalue weighted by Crippen LogP contribution is -2.17. The van der Waals surface area contributed by atoms with E-state index in [1.807, 2.05) is 18.2 Å². The Kier molecular flexibility index (Phi) is 4.90. The monoisotopic (exact) mass is 385 g/mol. The third-order valence-electron chi connectivity index (χ3n) is 5.05. The lowest BCUT2D eigenvalue weighted by Gasteiger charge is -2.22. The van der Waals surface area contributed by atoms with Gasteiger partial charge in [0, 0.05) is 35.4 Å². The average Bonchev–Trinajstić information content (AvgIpc) is 3.20. The normalized spacial score (nSPS) is 14.2. The Balaban J connectivity index is 1.77. The molecule has 0 N–H and O–H groups in total. The minimum absolute atomic E-state index is 0.199. The molecular weight excluding hydrogens is 362 g/mol. The molecule has 2 aliphatic heterocycles. The lowest BCUT2D eigenvalue weighted by molar-refractivity contribution is 0.171. The van der Waals surface area contributed by atoms with Gasteiger partial charge in [-0.25, -0.2) is 0 Å². The number of hydrogen-bond donors (Lipinski definition) is 0. The Morgan fingerprint density at radius 1 is 0.929 bits per heavy atom. The van der Waals surface area contributed by atoms with Crippen LogP contribution in [0.4, 0.5) is 0 Å². The number of benzene rings is 2. The van der Waals surface area contributed by atoms with Crippen molar-refractivity contribution in [3.63, 3.8) is 0 Å². The van der Waals surface area contributed by atoms with Crippen molar-refractivity contribution < 1.29 is 28.4 Å². The van der Waals surface area contributed by atoms with Crippen LogP contribution in [0.25, 0.3) is 0 Å². The topological polar surface area (TPSA) is 67.7 Å². The van der Waals surface area contributed by atoms with Crippen LogP contribution in [0.2, 0.25) is 0 Å². The summed E-state index contributed by atoms with van der Waals surface area (Å²) in [6.07, 6.45) is 1.38. The van der Waals surface area contributed by atoms with Crippen molar-refractivity contribution in [3.8, 4) is 34.5 Å². The van der Waals surface area contributed by atoms with E-state index in [0.29, 0.717) is 41.7 Å².